The SMILES string of the molecule is CCOC(=O)/C=C/c1nc(Cl)cc2c(C)c(C)n(COCC[Si](C)(C)C)c12. The third kappa shape index (κ3) is 5.67. The van der Waals surface area contributed by atoms with Gasteiger partial charge in [0.25, 0.3) is 0 Å². The lowest BCUT2D eigenvalue weighted by molar-refractivity contribution is -0.137. The van der Waals surface area contributed by atoms with Crippen molar-refractivity contribution >= 4 is 42.6 Å². The predicted molar refractivity (Wildman–Crippen MR) is 114 cm³/mol. The molecule has 7 heteroatoms. The number of fused-ring (bicyclic) bond motifs is 1. The maximum absolute atomic E-state index is 11.7. The second-order valence-corrected chi connectivity index (χ2v) is 13.8. The number of rotatable bonds is 8. The van der Waals surface area contributed by atoms with Crippen LogP contribution in [-0.2, 0) is 21.0 Å². The van der Waals surface area contributed by atoms with Gasteiger partial charge in [0, 0.05) is 31.8 Å². The molecule has 0 amide bonds. The van der Waals surface area contributed by atoms with Gasteiger partial charge in [-0.05, 0) is 44.5 Å². The van der Waals surface area contributed by atoms with Crippen molar-refractivity contribution in [2.24, 2.45) is 0 Å². The van der Waals surface area contributed by atoms with E-state index < -0.39 is 14.0 Å². The Morgan fingerprint density at radius 1 is 1.33 bits per heavy atom. The highest BCUT2D eigenvalue weighted by Gasteiger charge is 2.17. The molecular formula is C20H29ClN2O3Si. The molecule has 2 aromatic rings. The lowest BCUT2D eigenvalue weighted by atomic mass is 10.1. The Balaban J connectivity index is 2.38. The first-order chi connectivity index (χ1) is 12.6. The average molecular weight is 409 g/mol. The fourth-order valence-corrected chi connectivity index (χ4v) is 3.77. The highest BCUT2D eigenvalue weighted by atomic mass is 35.5. The number of aryl methyl sites for hydroxylation is 1. The van der Waals surface area contributed by atoms with Crippen LogP contribution < -0.4 is 0 Å². The average Bonchev–Trinajstić information content (AvgIpc) is 2.81. The van der Waals surface area contributed by atoms with E-state index in [0.717, 1.165) is 34.8 Å². The molecule has 0 aliphatic heterocycles. The van der Waals surface area contributed by atoms with Gasteiger partial charge in [0.05, 0.1) is 17.8 Å². The van der Waals surface area contributed by atoms with E-state index in [1.165, 1.54) is 6.08 Å². The molecule has 0 saturated heterocycles. The van der Waals surface area contributed by atoms with Crippen LogP contribution in [0.15, 0.2) is 12.1 Å². The number of carbonyl (C=O) groups excluding carboxylic acids is 1. The highest BCUT2D eigenvalue weighted by molar-refractivity contribution is 6.76. The van der Waals surface area contributed by atoms with E-state index in [4.69, 9.17) is 21.1 Å². The topological polar surface area (TPSA) is 53.3 Å². The molecule has 0 aliphatic rings. The van der Waals surface area contributed by atoms with Crippen LogP contribution in [-0.4, -0.2) is 36.8 Å². The Kier molecular flexibility index (Phi) is 7.25. The predicted octanol–water partition coefficient (Wildman–Crippen LogP) is 5.20. The molecule has 2 aromatic heterocycles. The molecule has 0 fully saturated rings. The lowest BCUT2D eigenvalue weighted by Crippen LogP contribution is -2.22. The largest absolute Gasteiger partial charge is 0.463 e. The maximum Gasteiger partial charge on any atom is 0.330 e. The normalized spacial score (nSPS) is 12.3. The van der Waals surface area contributed by atoms with Gasteiger partial charge in [-0.15, -0.1) is 0 Å². The van der Waals surface area contributed by atoms with E-state index in [2.05, 4.69) is 43.0 Å². The number of nitrogens with zero attached hydrogens (tertiary/aromatic N) is 2. The van der Waals surface area contributed by atoms with Gasteiger partial charge in [0.15, 0.2) is 0 Å². The van der Waals surface area contributed by atoms with Crippen LogP contribution in [0.3, 0.4) is 0 Å². The molecule has 0 radical (unpaired) electrons. The minimum atomic E-state index is -1.14. The molecular weight excluding hydrogens is 380 g/mol. The van der Waals surface area contributed by atoms with Gasteiger partial charge in [-0.25, -0.2) is 9.78 Å². The zero-order valence-corrected chi connectivity index (χ0v) is 18.8. The molecule has 0 saturated carbocycles. The van der Waals surface area contributed by atoms with E-state index in [1.807, 2.05) is 6.07 Å². The van der Waals surface area contributed by atoms with E-state index in [1.54, 1.807) is 13.0 Å². The molecule has 0 N–H and O–H groups in total. The third-order valence-corrected chi connectivity index (χ3v) is 6.39. The van der Waals surface area contributed by atoms with E-state index >= 15 is 0 Å². The van der Waals surface area contributed by atoms with Crippen molar-refractivity contribution in [1.82, 2.24) is 9.55 Å². The smallest absolute Gasteiger partial charge is 0.330 e. The summed E-state index contributed by atoms with van der Waals surface area (Å²) in [4.78, 5) is 16.1. The summed E-state index contributed by atoms with van der Waals surface area (Å²) in [5.74, 6) is -0.398. The quantitative estimate of drug-likeness (QED) is 0.198. The maximum atomic E-state index is 11.7. The van der Waals surface area contributed by atoms with Crippen molar-refractivity contribution in [2.75, 3.05) is 13.2 Å². The first-order valence-corrected chi connectivity index (χ1v) is 13.3. The summed E-state index contributed by atoms with van der Waals surface area (Å²) in [7, 11) is -1.14. The van der Waals surface area contributed by atoms with Crippen LogP contribution in [0.4, 0.5) is 0 Å². The summed E-state index contributed by atoms with van der Waals surface area (Å²) in [5.41, 5.74) is 3.79. The fourth-order valence-electron chi connectivity index (χ4n) is 2.81. The number of esters is 1. The van der Waals surface area contributed by atoms with Gasteiger partial charge in [-0.2, -0.15) is 0 Å². The molecule has 0 bridgehead atoms. The molecule has 5 nitrogen and oxygen atoms in total. The molecule has 2 rings (SSSR count). The number of halogens is 1. The van der Waals surface area contributed by atoms with Crippen LogP contribution >= 0.6 is 11.6 Å². The second-order valence-electron chi connectivity index (χ2n) is 7.80. The fraction of sp³-hybridized carbons (Fsp3) is 0.500. The zero-order valence-electron chi connectivity index (χ0n) is 17.1. The molecule has 2 heterocycles. The van der Waals surface area contributed by atoms with Gasteiger partial charge in [0.1, 0.15) is 11.9 Å². The lowest BCUT2D eigenvalue weighted by Gasteiger charge is -2.16. The first-order valence-electron chi connectivity index (χ1n) is 9.22. The van der Waals surface area contributed by atoms with Gasteiger partial charge in [0.2, 0.25) is 0 Å². The minimum absolute atomic E-state index is 0.334. The Labute approximate surface area is 167 Å². The molecule has 0 atom stereocenters. The number of aromatic nitrogens is 2. The zero-order chi connectivity index (χ0) is 20.2. The summed E-state index contributed by atoms with van der Waals surface area (Å²) in [6.07, 6.45) is 3.04. The highest BCUT2D eigenvalue weighted by Crippen LogP contribution is 2.30. The Hall–Kier alpha value is -1.63. The Morgan fingerprint density at radius 3 is 2.67 bits per heavy atom. The summed E-state index contributed by atoms with van der Waals surface area (Å²) in [6.45, 7) is 14.4. The summed E-state index contributed by atoms with van der Waals surface area (Å²) in [5, 5.41) is 1.41. The summed E-state index contributed by atoms with van der Waals surface area (Å²) < 4.78 is 13.0. The van der Waals surface area contributed by atoms with Crippen LogP contribution in [0.25, 0.3) is 17.0 Å². The second kappa shape index (κ2) is 9.04. The van der Waals surface area contributed by atoms with Crippen molar-refractivity contribution in [3.05, 3.63) is 34.2 Å². The number of ether oxygens (including phenoxy) is 2. The van der Waals surface area contributed by atoms with Gasteiger partial charge >= 0.3 is 5.97 Å². The van der Waals surface area contributed by atoms with E-state index in [0.29, 0.717) is 24.2 Å². The van der Waals surface area contributed by atoms with Gasteiger partial charge in [-0.3, -0.25) is 0 Å². The summed E-state index contributed by atoms with van der Waals surface area (Å²) in [6, 6.07) is 2.98. The minimum Gasteiger partial charge on any atom is -0.463 e. The molecule has 0 spiro atoms. The van der Waals surface area contributed by atoms with Crippen LogP contribution in [0.2, 0.25) is 30.8 Å². The van der Waals surface area contributed by atoms with E-state index in [9.17, 15) is 4.79 Å². The Morgan fingerprint density at radius 2 is 2.04 bits per heavy atom. The molecule has 0 aliphatic carbocycles. The number of hydrogen-bond donors (Lipinski definition) is 0. The standard InChI is InChI=1S/C20H29ClN2O3Si/c1-7-26-19(24)9-8-17-20-16(12-18(21)22-17)14(2)15(3)23(20)13-25-10-11-27(4,5)6/h8-9,12H,7,10-11,13H2,1-6H3/b9-8+. The monoisotopic (exact) mass is 408 g/mol. The van der Waals surface area contributed by atoms with Crippen molar-refractivity contribution in [1.29, 1.82) is 0 Å². The third-order valence-electron chi connectivity index (χ3n) is 4.49. The van der Waals surface area contributed by atoms with Crippen LogP contribution in [0.1, 0.15) is 23.9 Å². The van der Waals surface area contributed by atoms with Gasteiger partial charge < -0.3 is 14.0 Å². The van der Waals surface area contributed by atoms with Crippen LogP contribution in [0.5, 0.6) is 0 Å². The van der Waals surface area contributed by atoms with Crippen molar-refractivity contribution < 1.29 is 14.3 Å². The van der Waals surface area contributed by atoms with E-state index in [-0.39, 0.29) is 0 Å². The van der Waals surface area contributed by atoms with Crippen molar-refractivity contribution in [2.45, 2.75) is 53.2 Å². The first kappa shape index (κ1) is 21.7. The van der Waals surface area contributed by atoms with Crippen molar-refractivity contribution in [3.63, 3.8) is 0 Å². The Bertz CT molecular complexity index is 853. The number of pyridine rings is 1. The van der Waals surface area contributed by atoms with Crippen LogP contribution in [0, 0.1) is 13.8 Å². The number of hydrogen-bond acceptors (Lipinski definition) is 4. The number of carbonyl (C=O) groups is 1. The van der Waals surface area contributed by atoms with Crippen molar-refractivity contribution in [3.8, 4) is 0 Å². The molecule has 0 unspecified atom stereocenters. The van der Waals surface area contributed by atoms with Gasteiger partial charge in [-0.1, -0.05) is 31.2 Å². The molecule has 27 heavy (non-hydrogen) atoms. The molecule has 148 valence electrons. The summed E-state index contributed by atoms with van der Waals surface area (Å²) >= 11 is 6.21. The molecule has 0 aromatic carbocycles.